The van der Waals surface area contributed by atoms with Crippen LogP contribution in [0.25, 0.3) is 0 Å². The average molecular weight is 252 g/mol. The third-order valence-corrected chi connectivity index (χ3v) is 3.18. The van der Waals surface area contributed by atoms with Crippen molar-refractivity contribution in [3.63, 3.8) is 0 Å². The molecule has 1 rings (SSSR count). The van der Waals surface area contributed by atoms with Crippen LogP contribution in [-0.2, 0) is 4.79 Å². The molecule has 1 aromatic rings. The Kier molecular flexibility index (Phi) is 4.96. The zero-order chi connectivity index (χ0) is 13.9. The summed E-state index contributed by atoms with van der Waals surface area (Å²) in [6, 6.07) is 3.88. The van der Waals surface area contributed by atoms with Crippen molar-refractivity contribution >= 4 is 5.91 Å². The fourth-order valence-electron chi connectivity index (χ4n) is 1.77. The van der Waals surface area contributed by atoms with Gasteiger partial charge in [-0.2, -0.15) is 0 Å². The Hall–Kier alpha value is -1.29. The third-order valence-electron chi connectivity index (χ3n) is 3.18. The number of likely N-dealkylation sites (N-methyl/N-ethyl adjacent to an activating group) is 1. The number of amides is 1. The molecule has 0 unspecified atom stereocenters. The van der Waals surface area contributed by atoms with E-state index >= 15 is 0 Å². The van der Waals surface area contributed by atoms with E-state index in [-0.39, 0.29) is 24.0 Å². The Labute approximate surface area is 109 Å². The highest BCUT2D eigenvalue weighted by Crippen LogP contribution is 2.16. The molecule has 4 nitrogen and oxygen atoms in total. The molecule has 0 aromatic carbocycles. The Morgan fingerprint density at radius 2 is 1.89 bits per heavy atom. The molecule has 0 fully saturated rings. The van der Waals surface area contributed by atoms with Gasteiger partial charge >= 0.3 is 0 Å². The molecule has 4 heteroatoms. The molecular formula is C14H24N2O2. The lowest BCUT2D eigenvalue weighted by molar-refractivity contribution is -0.133. The Morgan fingerprint density at radius 1 is 1.28 bits per heavy atom. The van der Waals surface area contributed by atoms with Gasteiger partial charge < -0.3 is 9.32 Å². The zero-order valence-corrected chi connectivity index (χ0v) is 12.2. The van der Waals surface area contributed by atoms with Gasteiger partial charge in [0.1, 0.15) is 11.5 Å². The van der Waals surface area contributed by atoms with Crippen molar-refractivity contribution in [1.82, 2.24) is 10.2 Å². The molecule has 0 saturated carbocycles. The van der Waals surface area contributed by atoms with Gasteiger partial charge in [-0.1, -0.05) is 0 Å². The maximum Gasteiger partial charge on any atom is 0.239 e. The molecule has 18 heavy (non-hydrogen) atoms. The van der Waals surface area contributed by atoms with Crippen LogP contribution in [0, 0.1) is 6.92 Å². The summed E-state index contributed by atoms with van der Waals surface area (Å²) in [6.45, 7) is 9.80. The van der Waals surface area contributed by atoms with Gasteiger partial charge in [-0.15, -0.1) is 0 Å². The topological polar surface area (TPSA) is 45.5 Å². The maximum absolute atomic E-state index is 12.1. The molecule has 0 radical (unpaired) electrons. The van der Waals surface area contributed by atoms with Crippen LogP contribution in [0.4, 0.5) is 0 Å². The van der Waals surface area contributed by atoms with E-state index < -0.39 is 0 Å². The van der Waals surface area contributed by atoms with Crippen molar-refractivity contribution in [3.05, 3.63) is 23.7 Å². The van der Waals surface area contributed by atoms with Crippen LogP contribution < -0.4 is 5.32 Å². The number of carbonyl (C=O) groups excluding carboxylic acids is 1. The highest BCUT2D eigenvalue weighted by atomic mass is 16.3. The molecule has 1 amide bonds. The molecule has 0 bridgehead atoms. The molecule has 102 valence electrons. The largest absolute Gasteiger partial charge is 0.465 e. The normalized spacial score (nSPS) is 14.6. The summed E-state index contributed by atoms with van der Waals surface area (Å²) in [5.74, 6) is 1.84. The van der Waals surface area contributed by atoms with Gasteiger partial charge in [-0.05, 0) is 46.8 Å². The third kappa shape index (κ3) is 3.60. The predicted molar refractivity (Wildman–Crippen MR) is 72.4 cm³/mol. The van der Waals surface area contributed by atoms with Crippen molar-refractivity contribution in [2.24, 2.45) is 0 Å². The van der Waals surface area contributed by atoms with Gasteiger partial charge in [0.25, 0.3) is 0 Å². The first kappa shape index (κ1) is 14.8. The summed E-state index contributed by atoms with van der Waals surface area (Å²) < 4.78 is 5.55. The first-order chi connectivity index (χ1) is 8.32. The molecule has 0 aliphatic heterocycles. The van der Waals surface area contributed by atoms with E-state index in [9.17, 15) is 4.79 Å². The standard InChI is InChI=1S/C14H24N2O2/c1-9(2)16(6)14(17)12(5)15-11(4)13-8-7-10(3)18-13/h7-9,11-12,15H,1-6H3/t11-,12+/m0/s1. The molecule has 0 aliphatic rings. The smallest absolute Gasteiger partial charge is 0.239 e. The number of furan rings is 1. The minimum absolute atomic E-state index is 0.0261. The lowest BCUT2D eigenvalue weighted by atomic mass is 10.2. The Balaban J connectivity index is 2.59. The van der Waals surface area contributed by atoms with Crippen LogP contribution >= 0.6 is 0 Å². The van der Waals surface area contributed by atoms with Crippen LogP contribution in [0.2, 0.25) is 0 Å². The molecule has 0 aliphatic carbocycles. The lowest BCUT2D eigenvalue weighted by Crippen LogP contribution is -2.46. The zero-order valence-electron chi connectivity index (χ0n) is 12.2. The number of hydrogen-bond acceptors (Lipinski definition) is 3. The van der Waals surface area contributed by atoms with E-state index in [4.69, 9.17) is 4.42 Å². The number of hydrogen-bond donors (Lipinski definition) is 1. The van der Waals surface area contributed by atoms with Crippen LogP contribution in [0.5, 0.6) is 0 Å². The van der Waals surface area contributed by atoms with Crippen LogP contribution in [0.1, 0.15) is 45.3 Å². The van der Waals surface area contributed by atoms with Crippen molar-refractivity contribution < 1.29 is 9.21 Å². The minimum Gasteiger partial charge on any atom is -0.465 e. The number of aryl methyl sites for hydroxylation is 1. The maximum atomic E-state index is 12.1. The van der Waals surface area contributed by atoms with Gasteiger partial charge in [-0.25, -0.2) is 0 Å². The van der Waals surface area contributed by atoms with E-state index in [1.165, 1.54) is 0 Å². The van der Waals surface area contributed by atoms with Crippen LogP contribution in [0.15, 0.2) is 16.5 Å². The summed E-state index contributed by atoms with van der Waals surface area (Å²) >= 11 is 0. The van der Waals surface area contributed by atoms with Gasteiger partial charge in [-0.3, -0.25) is 10.1 Å². The lowest BCUT2D eigenvalue weighted by Gasteiger charge is -2.27. The number of nitrogens with zero attached hydrogens (tertiary/aromatic N) is 1. The van der Waals surface area contributed by atoms with Crippen LogP contribution in [-0.4, -0.2) is 29.9 Å². The highest BCUT2D eigenvalue weighted by Gasteiger charge is 2.22. The molecule has 1 aromatic heterocycles. The molecule has 1 N–H and O–H groups in total. The first-order valence-electron chi connectivity index (χ1n) is 6.42. The van der Waals surface area contributed by atoms with Gasteiger partial charge in [0.15, 0.2) is 0 Å². The molecule has 0 saturated heterocycles. The second kappa shape index (κ2) is 6.05. The Bertz CT molecular complexity index is 398. The summed E-state index contributed by atoms with van der Waals surface area (Å²) in [5, 5.41) is 3.26. The average Bonchev–Trinajstić information content (AvgIpc) is 2.73. The van der Waals surface area contributed by atoms with Crippen LogP contribution in [0.3, 0.4) is 0 Å². The SMILES string of the molecule is Cc1ccc([C@H](C)N[C@H](C)C(=O)N(C)C(C)C)o1. The van der Waals surface area contributed by atoms with E-state index in [2.05, 4.69) is 5.32 Å². The summed E-state index contributed by atoms with van der Waals surface area (Å²) in [7, 11) is 1.83. The number of nitrogens with one attached hydrogen (secondary N) is 1. The van der Waals surface area contributed by atoms with Gasteiger partial charge in [0.05, 0.1) is 12.1 Å². The molecule has 2 atom stereocenters. The number of carbonyl (C=O) groups is 1. The highest BCUT2D eigenvalue weighted by molar-refractivity contribution is 5.81. The molecular weight excluding hydrogens is 228 g/mol. The van der Waals surface area contributed by atoms with Crippen molar-refractivity contribution in [3.8, 4) is 0 Å². The second-order valence-electron chi connectivity index (χ2n) is 5.10. The van der Waals surface area contributed by atoms with E-state index in [0.29, 0.717) is 0 Å². The van der Waals surface area contributed by atoms with Crippen molar-refractivity contribution in [1.29, 1.82) is 0 Å². The fraction of sp³-hybridized carbons (Fsp3) is 0.643. The first-order valence-corrected chi connectivity index (χ1v) is 6.42. The number of rotatable bonds is 5. The van der Waals surface area contributed by atoms with Crippen molar-refractivity contribution in [2.45, 2.75) is 52.7 Å². The Morgan fingerprint density at radius 3 is 2.33 bits per heavy atom. The summed E-state index contributed by atoms with van der Waals surface area (Å²) in [4.78, 5) is 13.8. The summed E-state index contributed by atoms with van der Waals surface area (Å²) in [6.07, 6.45) is 0. The summed E-state index contributed by atoms with van der Waals surface area (Å²) in [5.41, 5.74) is 0. The fourth-order valence-corrected chi connectivity index (χ4v) is 1.77. The van der Waals surface area contributed by atoms with E-state index in [1.54, 1.807) is 4.90 Å². The van der Waals surface area contributed by atoms with Crippen molar-refractivity contribution in [2.75, 3.05) is 7.05 Å². The monoisotopic (exact) mass is 252 g/mol. The quantitative estimate of drug-likeness (QED) is 0.875. The van der Waals surface area contributed by atoms with Gasteiger partial charge in [0, 0.05) is 13.1 Å². The van der Waals surface area contributed by atoms with E-state index in [1.807, 2.05) is 53.8 Å². The minimum atomic E-state index is -0.224. The van der Waals surface area contributed by atoms with Gasteiger partial charge in [0.2, 0.25) is 5.91 Å². The molecule has 0 spiro atoms. The predicted octanol–water partition coefficient (Wildman–Crippen LogP) is 2.49. The molecule has 1 heterocycles. The van der Waals surface area contributed by atoms with E-state index in [0.717, 1.165) is 11.5 Å². The second-order valence-corrected chi connectivity index (χ2v) is 5.10.